The third-order valence-corrected chi connectivity index (χ3v) is 4.28. The molecule has 2 aromatic carbocycles. The highest BCUT2D eigenvalue weighted by molar-refractivity contribution is 5.76. The second-order valence-corrected chi connectivity index (χ2v) is 5.80. The van der Waals surface area contributed by atoms with E-state index in [1.807, 2.05) is 12.1 Å². The number of aromatic nitrogens is 2. The predicted molar refractivity (Wildman–Crippen MR) is 94.6 cm³/mol. The van der Waals surface area contributed by atoms with Crippen LogP contribution in [0.25, 0.3) is 22.5 Å². The Labute approximate surface area is 136 Å². The molecule has 0 spiro atoms. The van der Waals surface area contributed by atoms with Gasteiger partial charge in [0, 0.05) is 24.2 Å². The molecule has 23 heavy (non-hydrogen) atoms. The average molecular weight is 301 g/mol. The summed E-state index contributed by atoms with van der Waals surface area (Å²) in [6.45, 7) is 3.98. The Kier molecular flexibility index (Phi) is 3.56. The molecule has 2 heterocycles. The number of nitrogens with zero attached hydrogens (tertiary/aromatic N) is 2. The maximum Gasteiger partial charge on any atom is 0.0933 e. The van der Waals surface area contributed by atoms with Crippen LogP contribution in [0.2, 0.25) is 0 Å². The Morgan fingerprint density at radius 2 is 1.65 bits per heavy atom. The zero-order valence-electron chi connectivity index (χ0n) is 13.2. The van der Waals surface area contributed by atoms with E-state index >= 15 is 0 Å². The van der Waals surface area contributed by atoms with E-state index in [2.05, 4.69) is 71.5 Å². The van der Waals surface area contributed by atoms with Gasteiger partial charge in [-0.15, -0.1) is 0 Å². The zero-order chi connectivity index (χ0) is 15.6. The summed E-state index contributed by atoms with van der Waals surface area (Å²) in [6.07, 6.45) is 2.24. The van der Waals surface area contributed by atoms with Crippen molar-refractivity contribution >= 4 is 5.57 Å². The number of rotatable bonds is 3. The minimum Gasteiger partial charge on any atom is -0.309 e. The average Bonchev–Trinajstić information content (AvgIpc) is 3.24. The Morgan fingerprint density at radius 3 is 2.30 bits per heavy atom. The van der Waals surface area contributed by atoms with Crippen LogP contribution in [-0.2, 0) is 0 Å². The molecule has 3 aromatic rings. The monoisotopic (exact) mass is 301 g/mol. The molecule has 1 aromatic heterocycles. The van der Waals surface area contributed by atoms with Gasteiger partial charge < -0.3 is 5.32 Å². The Balaban J connectivity index is 1.95. The van der Waals surface area contributed by atoms with Gasteiger partial charge in [-0.05, 0) is 24.6 Å². The quantitative estimate of drug-likeness (QED) is 0.796. The molecule has 0 bridgehead atoms. The third kappa shape index (κ3) is 2.49. The fourth-order valence-corrected chi connectivity index (χ4v) is 3.15. The minimum absolute atomic E-state index is 0.890. The summed E-state index contributed by atoms with van der Waals surface area (Å²) in [5, 5.41) is 8.31. The molecule has 0 radical (unpaired) electrons. The molecule has 3 nitrogen and oxygen atoms in total. The van der Waals surface area contributed by atoms with Gasteiger partial charge in [-0.2, -0.15) is 5.10 Å². The highest BCUT2D eigenvalue weighted by Gasteiger charge is 2.20. The van der Waals surface area contributed by atoms with Crippen LogP contribution in [0.5, 0.6) is 0 Å². The van der Waals surface area contributed by atoms with Crippen molar-refractivity contribution in [1.82, 2.24) is 15.1 Å². The van der Waals surface area contributed by atoms with Gasteiger partial charge in [-0.25, -0.2) is 4.68 Å². The lowest BCUT2D eigenvalue weighted by Gasteiger charge is -2.08. The van der Waals surface area contributed by atoms with E-state index in [1.165, 1.54) is 22.4 Å². The number of hydrogen-bond donors (Lipinski definition) is 1. The summed E-state index contributed by atoms with van der Waals surface area (Å²) in [6, 6.07) is 20.8. The highest BCUT2D eigenvalue weighted by atomic mass is 15.3. The molecule has 1 aliphatic rings. The van der Waals surface area contributed by atoms with Crippen LogP contribution in [0, 0.1) is 6.92 Å². The summed E-state index contributed by atoms with van der Waals surface area (Å²) < 4.78 is 2.07. The molecule has 0 aliphatic carbocycles. The van der Waals surface area contributed by atoms with Crippen LogP contribution in [-0.4, -0.2) is 22.9 Å². The fourth-order valence-electron chi connectivity index (χ4n) is 3.15. The molecular weight excluding hydrogens is 282 g/mol. The van der Waals surface area contributed by atoms with Gasteiger partial charge in [0.2, 0.25) is 0 Å². The van der Waals surface area contributed by atoms with E-state index in [9.17, 15) is 0 Å². The molecule has 1 N–H and O–H groups in total. The van der Waals surface area contributed by atoms with Crippen molar-refractivity contribution in [1.29, 1.82) is 0 Å². The lowest BCUT2D eigenvalue weighted by molar-refractivity contribution is 0.868. The molecule has 0 amide bonds. The molecule has 1 aliphatic heterocycles. The maximum atomic E-state index is 4.95. The van der Waals surface area contributed by atoms with Gasteiger partial charge in [0.25, 0.3) is 0 Å². The van der Waals surface area contributed by atoms with E-state index in [0.29, 0.717) is 0 Å². The summed E-state index contributed by atoms with van der Waals surface area (Å²) >= 11 is 0. The van der Waals surface area contributed by atoms with Gasteiger partial charge in [0.15, 0.2) is 0 Å². The molecular formula is C20H19N3. The van der Waals surface area contributed by atoms with E-state index in [1.54, 1.807) is 0 Å². The Bertz CT molecular complexity index is 845. The first-order valence-corrected chi connectivity index (χ1v) is 7.95. The van der Waals surface area contributed by atoms with Crippen LogP contribution in [0.4, 0.5) is 0 Å². The highest BCUT2D eigenvalue weighted by Crippen LogP contribution is 2.31. The summed E-state index contributed by atoms with van der Waals surface area (Å²) in [5.74, 6) is 0. The molecule has 0 unspecified atom stereocenters. The maximum absolute atomic E-state index is 4.95. The largest absolute Gasteiger partial charge is 0.309 e. The van der Waals surface area contributed by atoms with Crippen molar-refractivity contribution < 1.29 is 0 Å². The molecule has 4 rings (SSSR count). The van der Waals surface area contributed by atoms with Gasteiger partial charge in [0.05, 0.1) is 17.1 Å². The van der Waals surface area contributed by atoms with Gasteiger partial charge in [0.1, 0.15) is 0 Å². The molecule has 114 valence electrons. The lowest BCUT2D eigenvalue weighted by Crippen LogP contribution is -2.08. The first-order chi connectivity index (χ1) is 11.3. The smallest absolute Gasteiger partial charge is 0.0933 e. The molecule has 0 saturated carbocycles. The molecule has 0 fully saturated rings. The normalized spacial score (nSPS) is 14.0. The van der Waals surface area contributed by atoms with Crippen molar-refractivity contribution in [3.63, 3.8) is 0 Å². The van der Waals surface area contributed by atoms with E-state index in [4.69, 9.17) is 5.10 Å². The van der Waals surface area contributed by atoms with Crippen LogP contribution in [0.3, 0.4) is 0 Å². The molecule has 0 saturated heterocycles. The molecule has 0 atom stereocenters. The first kappa shape index (κ1) is 14.0. The Hall–Kier alpha value is -2.65. The van der Waals surface area contributed by atoms with E-state index in [-0.39, 0.29) is 0 Å². The van der Waals surface area contributed by atoms with Crippen molar-refractivity contribution in [2.24, 2.45) is 0 Å². The zero-order valence-corrected chi connectivity index (χ0v) is 13.2. The summed E-state index contributed by atoms with van der Waals surface area (Å²) in [5.41, 5.74) is 7.06. The standard InChI is InChI=1S/C20H19N3/c1-15-19(17-12-13-21-14-17)22-23(18-10-6-3-7-11-18)20(15)16-8-4-2-5-9-16/h2-12,21H,13-14H2,1H3. The van der Waals surface area contributed by atoms with Gasteiger partial charge in [-0.3, -0.25) is 0 Å². The van der Waals surface area contributed by atoms with Gasteiger partial charge >= 0.3 is 0 Å². The van der Waals surface area contributed by atoms with E-state index in [0.717, 1.165) is 24.5 Å². The van der Waals surface area contributed by atoms with Crippen LogP contribution in [0.1, 0.15) is 11.3 Å². The van der Waals surface area contributed by atoms with Crippen molar-refractivity contribution in [3.05, 3.63) is 78.0 Å². The van der Waals surface area contributed by atoms with Crippen LogP contribution < -0.4 is 5.32 Å². The Morgan fingerprint density at radius 1 is 0.957 bits per heavy atom. The number of nitrogens with one attached hydrogen (secondary N) is 1. The predicted octanol–water partition coefficient (Wildman–Crippen LogP) is 3.83. The first-order valence-electron chi connectivity index (χ1n) is 7.95. The van der Waals surface area contributed by atoms with E-state index < -0.39 is 0 Å². The topological polar surface area (TPSA) is 29.9 Å². The van der Waals surface area contributed by atoms with Crippen molar-refractivity contribution in [3.8, 4) is 16.9 Å². The SMILES string of the molecule is Cc1c(C2=CCNC2)nn(-c2ccccc2)c1-c1ccccc1. The third-order valence-electron chi connectivity index (χ3n) is 4.28. The summed E-state index contributed by atoms with van der Waals surface area (Å²) in [7, 11) is 0. The van der Waals surface area contributed by atoms with Crippen LogP contribution >= 0.6 is 0 Å². The van der Waals surface area contributed by atoms with Crippen molar-refractivity contribution in [2.45, 2.75) is 6.92 Å². The number of benzene rings is 2. The van der Waals surface area contributed by atoms with Gasteiger partial charge in [-0.1, -0.05) is 54.6 Å². The number of hydrogen-bond acceptors (Lipinski definition) is 2. The second kappa shape index (κ2) is 5.86. The minimum atomic E-state index is 0.890. The van der Waals surface area contributed by atoms with Crippen molar-refractivity contribution in [2.75, 3.05) is 13.1 Å². The fraction of sp³-hybridized carbons (Fsp3) is 0.150. The van der Waals surface area contributed by atoms with Crippen LogP contribution in [0.15, 0.2) is 66.7 Å². The summed E-state index contributed by atoms with van der Waals surface area (Å²) in [4.78, 5) is 0. The molecule has 3 heteroatoms. The lowest BCUT2D eigenvalue weighted by atomic mass is 10.0. The second-order valence-electron chi connectivity index (χ2n) is 5.80. The number of para-hydroxylation sites is 1.